The van der Waals surface area contributed by atoms with Crippen LogP contribution >= 0.6 is 0 Å². The van der Waals surface area contributed by atoms with Gasteiger partial charge in [-0.05, 0) is 13.3 Å². The number of nitrogens with one attached hydrogen (secondary N) is 2. The Morgan fingerprint density at radius 2 is 2.30 bits per heavy atom. The summed E-state index contributed by atoms with van der Waals surface area (Å²) in [5.41, 5.74) is 5.46. The van der Waals surface area contributed by atoms with E-state index in [9.17, 15) is 8.42 Å². The maximum atomic E-state index is 12.4. The Hall–Kier alpha value is -1.64. The summed E-state index contributed by atoms with van der Waals surface area (Å²) in [4.78, 5) is 7.11. The quantitative estimate of drug-likeness (QED) is 0.741. The monoisotopic (exact) mass is 298 g/mol. The fourth-order valence-corrected chi connectivity index (χ4v) is 3.43. The zero-order valence-electron chi connectivity index (χ0n) is 11.4. The summed E-state index contributed by atoms with van der Waals surface area (Å²) in [6.45, 7) is 3.64. The highest BCUT2D eigenvalue weighted by Gasteiger charge is 2.25. The average molecular weight is 298 g/mol. The molecule has 1 unspecified atom stereocenters. The number of imidazole rings is 1. The predicted molar refractivity (Wildman–Crippen MR) is 73.3 cm³/mol. The summed E-state index contributed by atoms with van der Waals surface area (Å²) in [5, 5.41) is 0. The second kappa shape index (κ2) is 5.78. The highest BCUT2D eigenvalue weighted by molar-refractivity contribution is 7.89. The molecule has 0 aliphatic carbocycles. The van der Waals surface area contributed by atoms with Crippen LogP contribution in [0.5, 0.6) is 0 Å². The molecule has 2 aromatic heterocycles. The highest BCUT2D eigenvalue weighted by atomic mass is 32.2. The summed E-state index contributed by atoms with van der Waals surface area (Å²) >= 11 is 0. The van der Waals surface area contributed by atoms with Crippen LogP contribution in [0.3, 0.4) is 0 Å². The summed E-state index contributed by atoms with van der Waals surface area (Å²) < 4.78 is 32.7. The lowest BCUT2D eigenvalue weighted by Gasteiger charge is -2.14. The van der Waals surface area contributed by atoms with Crippen molar-refractivity contribution in [2.45, 2.75) is 37.8 Å². The van der Waals surface area contributed by atoms with Gasteiger partial charge in [-0.2, -0.15) is 0 Å². The number of sulfonamides is 1. The zero-order valence-corrected chi connectivity index (χ0v) is 12.2. The Kier molecular flexibility index (Phi) is 4.26. The van der Waals surface area contributed by atoms with Crippen molar-refractivity contribution in [2.24, 2.45) is 5.73 Å². The molecule has 0 amide bonds. The van der Waals surface area contributed by atoms with Gasteiger partial charge in [-0.25, -0.2) is 18.1 Å². The van der Waals surface area contributed by atoms with Gasteiger partial charge in [0.05, 0.1) is 12.6 Å². The van der Waals surface area contributed by atoms with Gasteiger partial charge in [-0.3, -0.25) is 0 Å². The maximum Gasteiger partial charge on any atom is 0.244 e. The van der Waals surface area contributed by atoms with E-state index in [2.05, 4.69) is 14.7 Å². The van der Waals surface area contributed by atoms with E-state index >= 15 is 0 Å². The molecule has 7 nitrogen and oxygen atoms in total. The van der Waals surface area contributed by atoms with Gasteiger partial charge in [0.25, 0.3) is 0 Å². The molecule has 0 radical (unpaired) electrons. The van der Waals surface area contributed by atoms with Crippen LogP contribution in [0.1, 0.15) is 36.7 Å². The van der Waals surface area contributed by atoms with Crippen LogP contribution in [0, 0.1) is 6.92 Å². The number of nitrogens with two attached hydrogens (primary N) is 1. The Bertz CT molecular complexity index is 661. The van der Waals surface area contributed by atoms with E-state index in [4.69, 9.17) is 10.2 Å². The molecule has 110 valence electrons. The molecule has 0 saturated carbocycles. The van der Waals surface area contributed by atoms with Crippen molar-refractivity contribution in [2.75, 3.05) is 0 Å². The second-order valence-corrected chi connectivity index (χ2v) is 6.08. The van der Waals surface area contributed by atoms with Gasteiger partial charge in [0.1, 0.15) is 22.2 Å². The van der Waals surface area contributed by atoms with Gasteiger partial charge >= 0.3 is 0 Å². The summed E-state index contributed by atoms with van der Waals surface area (Å²) in [6, 6.07) is 1.04. The van der Waals surface area contributed by atoms with E-state index in [1.807, 2.05) is 6.92 Å². The van der Waals surface area contributed by atoms with Gasteiger partial charge in [0.15, 0.2) is 0 Å². The van der Waals surface area contributed by atoms with Crippen LogP contribution < -0.4 is 10.5 Å². The number of aryl methyl sites for hydroxylation is 1. The molecule has 2 aromatic rings. The smallest absolute Gasteiger partial charge is 0.244 e. The van der Waals surface area contributed by atoms with Crippen molar-refractivity contribution in [3.63, 3.8) is 0 Å². The molecule has 0 fully saturated rings. The number of rotatable bonds is 6. The number of hydrogen-bond acceptors (Lipinski definition) is 5. The van der Waals surface area contributed by atoms with E-state index in [1.54, 1.807) is 19.3 Å². The third kappa shape index (κ3) is 2.92. The lowest BCUT2D eigenvalue weighted by Crippen LogP contribution is -2.29. The first-order valence-corrected chi connectivity index (χ1v) is 7.77. The number of aromatic amines is 1. The van der Waals surface area contributed by atoms with E-state index in [1.165, 1.54) is 6.07 Å². The minimum absolute atomic E-state index is 0.114. The number of H-pyrrole nitrogens is 1. The molecule has 2 rings (SSSR count). The predicted octanol–water partition coefficient (Wildman–Crippen LogP) is 1.20. The minimum atomic E-state index is -3.68. The lowest BCUT2D eigenvalue weighted by atomic mass is 10.2. The van der Waals surface area contributed by atoms with Crippen LogP contribution in [-0.2, 0) is 16.6 Å². The fourth-order valence-electron chi connectivity index (χ4n) is 1.94. The molecule has 4 N–H and O–H groups in total. The van der Waals surface area contributed by atoms with Gasteiger partial charge in [0.2, 0.25) is 10.0 Å². The molecule has 0 aliphatic heterocycles. The van der Waals surface area contributed by atoms with E-state index < -0.39 is 16.1 Å². The molecule has 0 aliphatic rings. The minimum Gasteiger partial charge on any atom is -0.464 e. The normalized spacial score (nSPS) is 13.6. The standard InChI is InChI=1S/C12H18N4O3S/c1-3-10(12-14-4-5-15-12)16-20(17,18)11-6-9(7-13)19-8(11)2/h4-6,10,16H,3,7,13H2,1-2H3,(H,14,15). The molecule has 0 spiro atoms. The van der Waals surface area contributed by atoms with Crippen molar-refractivity contribution in [1.82, 2.24) is 14.7 Å². The van der Waals surface area contributed by atoms with Crippen LogP contribution in [0.25, 0.3) is 0 Å². The lowest BCUT2D eigenvalue weighted by molar-refractivity contribution is 0.477. The van der Waals surface area contributed by atoms with E-state index in [0.29, 0.717) is 23.8 Å². The second-order valence-electron chi connectivity index (χ2n) is 4.39. The average Bonchev–Trinajstić information content (AvgIpc) is 3.05. The van der Waals surface area contributed by atoms with Crippen LogP contribution in [0.15, 0.2) is 27.8 Å². The fraction of sp³-hybridized carbons (Fsp3) is 0.417. The van der Waals surface area contributed by atoms with Crippen LogP contribution in [0.2, 0.25) is 0 Å². The molecule has 0 aromatic carbocycles. The summed E-state index contributed by atoms with van der Waals surface area (Å²) in [6.07, 6.45) is 3.82. The van der Waals surface area contributed by atoms with E-state index in [0.717, 1.165) is 0 Å². The Morgan fingerprint density at radius 1 is 1.55 bits per heavy atom. The van der Waals surface area contributed by atoms with Crippen LogP contribution in [0.4, 0.5) is 0 Å². The highest BCUT2D eigenvalue weighted by Crippen LogP contribution is 2.22. The van der Waals surface area contributed by atoms with Gasteiger partial charge in [-0.1, -0.05) is 6.92 Å². The molecular formula is C12H18N4O3S. The van der Waals surface area contributed by atoms with Crippen molar-refractivity contribution in [3.05, 3.63) is 35.8 Å². The Morgan fingerprint density at radius 3 is 2.80 bits per heavy atom. The van der Waals surface area contributed by atoms with Crippen molar-refractivity contribution < 1.29 is 12.8 Å². The first kappa shape index (κ1) is 14.8. The number of hydrogen-bond donors (Lipinski definition) is 3. The van der Waals surface area contributed by atoms with Gasteiger partial charge in [0, 0.05) is 18.5 Å². The largest absolute Gasteiger partial charge is 0.464 e. The maximum absolute atomic E-state index is 12.4. The first-order chi connectivity index (χ1) is 9.47. The molecule has 0 saturated heterocycles. The zero-order chi connectivity index (χ0) is 14.8. The van der Waals surface area contributed by atoms with Crippen molar-refractivity contribution in [3.8, 4) is 0 Å². The van der Waals surface area contributed by atoms with Crippen molar-refractivity contribution in [1.29, 1.82) is 0 Å². The molecule has 0 bridgehead atoms. The van der Waals surface area contributed by atoms with Gasteiger partial charge in [-0.15, -0.1) is 0 Å². The number of aromatic nitrogens is 2. The summed E-state index contributed by atoms with van der Waals surface area (Å²) in [7, 11) is -3.68. The topological polar surface area (TPSA) is 114 Å². The van der Waals surface area contributed by atoms with Crippen LogP contribution in [-0.4, -0.2) is 18.4 Å². The number of furan rings is 1. The Balaban J connectivity index is 2.28. The van der Waals surface area contributed by atoms with Gasteiger partial charge < -0.3 is 15.1 Å². The molecule has 20 heavy (non-hydrogen) atoms. The molecule has 1 atom stereocenters. The first-order valence-electron chi connectivity index (χ1n) is 6.29. The third-order valence-corrected chi connectivity index (χ3v) is 4.55. The van der Waals surface area contributed by atoms with Crippen molar-refractivity contribution >= 4 is 10.0 Å². The summed E-state index contributed by atoms with van der Waals surface area (Å²) in [5.74, 6) is 1.34. The molecule has 8 heteroatoms. The van der Waals surface area contributed by atoms with E-state index in [-0.39, 0.29) is 11.4 Å². The number of nitrogens with zero attached hydrogens (tertiary/aromatic N) is 1. The molecular weight excluding hydrogens is 280 g/mol. The molecule has 2 heterocycles. The third-order valence-electron chi connectivity index (χ3n) is 2.97. The SMILES string of the molecule is CCC(NS(=O)(=O)c1cc(CN)oc1C)c1ncc[nH]1. The Labute approximate surface area is 117 Å².